The summed E-state index contributed by atoms with van der Waals surface area (Å²) in [5, 5.41) is 0. The number of esters is 2. The van der Waals surface area contributed by atoms with Gasteiger partial charge in [0.1, 0.15) is 36.5 Å². The summed E-state index contributed by atoms with van der Waals surface area (Å²) in [5.74, 6) is -1.75. The number of benzene rings is 2. The molecule has 2 saturated heterocycles. The predicted molar refractivity (Wildman–Crippen MR) is 185 cm³/mol. The minimum absolute atomic E-state index is 0.169. The van der Waals surface area contributed by atoms with E-state index in [2.05, 4.69) is 0 Å². The molecule has 2 amide bonds. The predicted octanol–water partition coefficient (Wildman–Crippen LogP) is 5.38. The summed E-state index contributed by atoms with van der Waals surface area (Å²) in [4.78, 5) is 79.8. The molecular weight excluding hydrogens is 676 g/mol. The molecule has 5 rings (SSSR count). The first kappa shape index (κ1) is 38.1. The van der Waals surface area contributed by atoms with Crippen LogP contribution in [-0.4, -0.2) is 108 Å². The van der Waals surface area contributed by atoms with E-state index in [1.807, 2.05) is 0 Å². The topological polar surface area (TPSA) is 164 Å². The van der Waals surface area contributed by atoms with Crippen molar-refractivity contribution in [3.8, 4) is 22.6 Å². The Bertz CT molecular complexity index is 1710. The average Bonchev–Trinajstić information content (AvgIpc) is 3.79. The molecule has 2 aromatic carbocycles. The molecule has 280 valence electrons. The summed E-state index contributed by atoms with van der Waals surface area (Å²) in [6.45, 7) is 10.5. The van der Waals surface area contributed by atoms with E-state index >= 15 is 0 Å². The summed E-state index contributed by atoms with van der Waals surface area (Å²) in [6, 6.07) is 8.16. The maximum atomic E-state index is 13.3. The first-order valence-electron chi connectivity index (χ1n) is 17.4. The van der Waals surface area contributed by atoms with E-state index in [-0.39, 0.29) is 24.5 Å². The lowest BCUT2D eigenvalue weighted by Gasteiger charge is -2.27. The van der Waals surface area contributed by atoms with Crippen molar-refractivity contribution in [3.05, 3.63) is 47.5 Å². The number of Topliss-reactive ketones (excluding diaryl/α,β-unsaturated/α-hetero) is 2. The van der Waals surface area contributed by atoms with Gasteiger partial charge in [-0.15, -0.1) is 0 Å². The third-order valence-electron chi connectivity index (χ3n) is 8.50. The van der Waals surface area contributed by atoms with Crippen LogP contribution in [0.1, 0.15) is 87.9 Å². The molecule has 0 aromatic heterocycles. The van der Waals surface area contributed by atoms with Crippen molar-refractivity contribution in [3.63, 3.8) is 0 Å². The van der Waals surface area contributed by atoms with Gasteiger partial charge in [-0.05, 0) is 84.9 Å². The van der Waals surface area contributed by atoms with E-state index in [4.69, 9.17) is 28.4 Å². The number of hydrogen-bond donors (Lipinski definition) is 0. The van der Waals surface area contributed by atoms with Crippen molar-refractivity contribution in [2.75, 3.05) is 39.5 Å². The van der Waals surface area contributed by atoms with Crippen LogP contribution >= 0.6 is 0 Å². The van der Waals surface area contributed by atoms with Gasteiger partial charge in [-0.25, -0.2) is 19.2 Å². The minimum Gasteiger partial charge on any atom is -0.485 e. The van der Waals surface area contributed by atoms with Crippen molar-refractivity contribution < 1.29 is 57.2 Å². The molecule has 2 atom stereocenters. The van der Waals surface area contributed by atoms with Crippen LogP contribution < -0.4 is 9.47 Å². The molecule has 3 aliphatic heterocycles. The van der Waals surface area contributed by atoms with E-state index in [0.29, 0.717) is 61.2 Å². The standard InChI is InChI=1S/C38H46N2O12/c1-37(2,3)51-35(45)39-17-7-9-27(39)33(43)49-21-29(41)24-13-11-23(12-14-24)25-15-16-26(32-31(25)47-19-20-48-32)30(42)22-50-34(44)28-10-8-18-40(28)36(46)52-38(4,5)6/h11-16,27-28H,7-10,17-22H2,1-6H3/t27-,28-/m0/s1. The number of carbonyl (C=O) groups excluding carboxylic acids is 6. The van der Waals surface area contributed by atoms with Crippen LogP contribution in [0.2, 0.25) is 0 Å². The summed E-state index contributed by atoms with van der Waals surface area (Å²) in [6.07, 6.45) is 0.832. The van der Waals surface area contributed by atoms with Crippen LogP contribution in [-0.2, 0) is 28.5 Å². The molecule has 14 nitrogen and oxygen atoms in total. The molecule has 0 aliphatic carbocycles. The maximum absolute atomic E-state index is 13.3. The lowest BCUT2D eigenvalue weighted by atomic mass is 9.98. The van der Waals surface area contributed by atoms with Gasteiger partial charge in [0.05, 0.1) is 5.56 Å². The maximum Gasteiger partial charge on any atom is 0.411 e. The third kappa shape index (κ3) is 9.20. The summed E-state index contributed by atoms with van der Waals surface area (Å²) in [7, 11) is 0. The van der Waals surface area contributed by atoms with Crippen LogP contribution in [0.15, 0.2) is 36.4 Å². The molecular formula is C38H46N2O12. The number of likely N-dealkylation sites (tertiary alicyclic amines) is 2. The van der Waals surface area contributed by atoms with Crippen molar-refractivity contribution in [2.24, 2.45) is 0 Å². The molecule has 2 fully saturated rings. The van der Waals surface area contributed by atoms with Crippen molar-refractivity contribution >= 4 is 35.7 Å². The molecule has 0 N–H and O–H groups in total. The first-order valence-corrected chi connectivity index (χ1v) is 17.4. The molecule has 14 heteroatoms. The number of amides is 2. The Balaban J connectivity index is 1.20. The second kappa shape index (κ2) is 15.6. The summed E-state index contributed by atoms with van der Waals surface area (Å²) in [5.41, 5.74) is 0.314. The van der Waals surface area contributed by atoms with Crippen LogP contribution in [0, 0.1) is 0 Å². The first-order chi connectivity index (χ1) is 24.5. The van der Waals surface area contributed by atoms with Crippen molar-refractivity contribution in [1.29, 1.82) is 0 Å². The molecule has 52 heavy (non-hydrogen) atoms. The minimum atomic E-state index is -0.845. The monoisotopic (exact) mass is 722 g/mol. The average molecular weight is 723 g/mol. The largest absolute Gasteiger partial charge is 0.485 e. The van der Waals surface area contributed by atoms with E-state index in [9.17, 15) is 28.8 Å². The SMILES string of the molecule is CC(C)(C)OC(=O)N1CCC[C@H]1C(=O)OCC(=O)c1ccc(-c2ccc(C(=O)COC(=O)[C@@H]3CCCN3C(=O)OC(C)(C)C)c3c2OCCO3)cc1. The van der Waals surface area contributed by atoms with Gasteiger partial charge in [-0.1, -0.05) is 24.3 Å². The smallest absolute Gasteiger partial charge is 0.411 e. The van der Waals surface area contributed by atoms with E-state index in [1.165, 1.54) is 9.80 Å². The highest BCUT2D eigenvalue weighted by atomic mass is 16.6. The Morgan fingerprint density at radius 2 is 1.13 bits per heavy atom. The van der Waals surface area contributed by atoms with Crippen molar-refractivity contribution in [2.45, 2.75) is 90.5 Å². The zero-order valence-electron chi connectivity index (χ0n) is 30.5. The second-order valence-electron chi connectivity index (χ2n) is 14.8. The van der Waals surface area contributed by atoms with Crippen LogP contribution in [0.3, 0.4) is 0 Å². The normalized spacial score (nSPS) is 18.4. The number of ether oxygens (including phenoxy) is 6. The number of nitrogens with zero attached hydrogens (tertiary/aromatic N) is 2. The fourth-order valence-corrected chi connectivity index (χ4v) is 6.15. The molecule has 0 bridgehead atoms. The van der Waals surface area contributed by atoms with E-state index < -0.39 is 72.2 Å². The Labute approximate surface area is 302 Å². The highest BCUT2D eigenvalue weighted by Crippen LogP contribution is 2.43. The van der Waals surface area contributed by atoms with Gasteiger partial charge in [0.15, 0.2) is 30.5 Å². The quantitative estimate of drug-likeness (QED) is 0.185. The summed E-state index contributed by atoms with van der Waals surface area (Å²) >= 11 is 0. The number of carbonyl (C=O) groups is 6. The highest BCUT2D eigenvalue weighted by molar-refractivity contribution is 6.03. The lowest BCUT2D eigenvalue weighted by Crippen LogP contribution is -2.44. The zero-order chi connectivity index (χ0) is 37.8. The molecule has 0 saturated carbocycles. The number of ketones is 2. The van der Waals surface area contributed by atoms with Crippen LogP contribution in [0.4, 0.5) is 9.59 Å². The van der Waals surface area contributed by atoms with Gasteiger partial charge in [0, 0.05) is 24.2 Å². The summed E-state index contributed by atoms with van der Waals surface area (Å²) < 4.78 is 33.3. The Morgan fingerprint density at radius 1 is 0.654 bits per heavy atom. The van der Waals surface area contributed by atoms with Crippen molar-refractivity contribution in [1.82, 2.24) is 9.80 Å². The van der Waals surface area contributed by atoms with Crippen LogP contribution in [0.25, 0.3) is 11.1 Å². The molecule has 3 heterocycles. The highest BCUT2D eigenvalue weighted by Gasteiger charge is 2.39. The number of hydrogen-bond acceptors (Lipinski definition) is 12. The van der Waals surface area contributed by atoms with Crippen LogP contribution in [0.5, 0.6) is 11.5 Å². The van der Waals surface area contributed by atoms with Gasteiger partial charge < -0.3 is 28.4 Å². The van der Waals surface area contributed by atoms with Gasteiger partial charge in [0.25, 0.3) is 0 Å². The lowest BCUT2D eigenvalue weighted by molar-refractivity contribution is -0.148. The molecule has 0 radical (unpaired) electrons. The Morgan fingerprint density at radius 3 is 1.63 bits per heavy atom. The van der Waals surface area contributed by atoms with Gasteiger partial charge in [-0.2, -0.15) is 0 Å². The Kier molecular flexibility index (Phi) is 11.4. The molecule has 0 unspecified atom stereocenters. The number of rotatable bonds is 9. The zero-order valence-corrected chi connectivity index (χ0v) is 30.5. The van der Waals surface area contributed by atoms with Gasteiger partial charge in [-0.3, -0.25) is 19.4 Å². The second-order valence-corrected chi connectivity index (χ2v) is 14.8. The molecule has 3 aliphatic rings. The van der Waals surface area contributed by atoms with E-state index in [1.54, 1.807) is 77.9 Å². The molecule has 0 spiro atoms. The fourth-order valence-electron chi connectivity index (χ4n) is 6.15. The Hall–Kier alpha value is -5.14. The number of fused-ring (bicyclic) bond motifs is 1. The molecule has 2 aromatic rings. The van der Waals surface area contributed by atoms with Gasteiger partial charge >= 0.3 is 24.1 Å². The van der Waals surface area contributed by atoms with Gasteiger partial charge in [0.2, 0.25) is 5.78 Å². The van der Waals surface area contributed by atoms with E-state index in [0.717, 1.165) is 0 Å². The fraction of sp³-hybridized carbons (Fsp3) is 0.526. The third-order valence-corrected chi connectivity index (χ3v) is 8.50.